The standard InChI is InChI=1S/C11H11N3O/c1-15-10-4-2-3-8(5-10)11-6-9(12)7-13-14-11/h2-7H,1H3,(H2,12,14). The summed E-state index contributed by atoms with van der Waals surface area (Å²) in [6.07, 6.45) is 1.52. The highest BCUT2D eigenvalue weighted by Crippen LogP contribution is 2.22. The van der Waals surface area contributed by atoms with Gasteiger partial charge in [0.1, 0.15) is 5.75 Å². The van der Waals surface area contributed by atoms with Gasteiger partial charge in [0.05, 0.1) is 24.7 Å². The molecule has 0 amide bonds. The van der Waals surface area contributed by atoms with Crippen molar-refractivity contribution >= 4 is 5.69 Å². The molecule has 4 nitrogen and oxygen atoms in total. The van der Waals surface area contributed by atoms with Gasteiger partial charge in [0.15, 0.2) is 0 Å². The molecule has 1 aromatic heterocycles. The maximum Gasteiger partial charge on any atom is 0.119 e. The largest absolute Gasteiger partial charge is 0.497 e. The van der Waals surface area contributed by atoms with E-state index < -0.39 is 0 Å². The number of methoxy groups -OCH3 is 1. The van der Waals surface area contributed by atoms with E-state index in [4.69, 9.17) is 10.5 Å². The van der Waals surface area contributed by atoms with Gasteiger partial charge in [0, 0.05) is 5.56 Å². The van der Waals surface area contributed by atoms with Crippen molar-refractivity contribution in [3.8, 4) is 17.0 Å². The van der Waals surface area contributed by atoms with Gasteiger partial charge in [-0.2, -0.15) is 10.2 Å². The number of rotatable bonds is 2. The molecule has 2 rings (SSSR count). The van der Waals surface area contributed by atoms with Crippen molar-refractivity contribution in [1.82, 2.24) is 10.2 Å². The molecule has 0 aliphatic carbocycles. The van der Waals surface area contributed by atoms with E-state index >= 15 is 0 Å². The van der Waals surface area contributed by atoms with Crippen molar-refractivity contribution in [3.63, 3.8) is 0 Å². The molecule has 0 saturated heterocycles. The molecule has 1 heterocycles. The zero-order valence-electron chi connectivity index (χ0n) is 8.34. The summed E-state index contributed by atoms with van der Waals surface area (Å²) in [6, 6.07) is 9.39. The summed E-state index contributed by atoms with van der Waals surface area (Å²) in [5.41, 5.74) is 7.92. The Morgan fingerprint density at radius 1 is 1.27 bits per heavy atom. The highest BCUT2D eigenvalue weighted by atomic mass is 16.5. The van der Waals surface area contributed by atoms with E-state index in [1.165, 1.54) is 6.20 Å². The average Bonchev–Trinajstić information content (AvgIpc) is 2.29. The van der Waals surface area contributed by atoms with Crippen molar-refractivity contribution in [2.24, 2.45) is 0 Å². The number of nitrogen functional groups attached to an aromatic ring is 1. The minimum absolute atomic E-state index is 0.600. The number of benzene rings is 1. The van der Waals surface area contributed by atoms with Crippen molar-refractivity contribution in [2.75, 3.05) is 12.8 Å². The van der Waals surface area contributed by atoms with E-state index in [1.807, 2.05) is 24.3 Å². The van der Waals surface area contributed by atoms with Gasteiger partial charge in [-0.25, -0.2) is 0 Å². The van der Waals surface area contributed by atoms with E-state index in [0.717, 1.165) is 17.0 Å². The second kappa shape index (κ2) is 3.96. The number of nitrogens with zero attached hydrogens (tertiary/aromatic N) is 2. The summed E-state index contributed by atoms with van der Waals surface area (Å²) in [5.74, 6) is 0.789. The van der Waals surface area contributed by atoms with Crippen molar-refractivity contribution < 1.29 is 4.74 Å². The number of hydrogen-bond acceptors (Lipinski definition) is 4. The van der Waals surface area contributed by atoms with Crippen LogP contribution in [0.2, 0.25) is 0 Å². The van der Waals surface area contributed by atoms with Gasteiger partial charge in [0.25, 0.3) is 0 Å². The van der Waals surface area contributed by atoms with Crippen LogP contribution in [0.15, 0.2) is 36.5 Å². The average molecular weight is 201 g/mol. The molecule has 0 unspecified atom stereocenters. The first-order valence-electron chi connectivity index (χ1n) is 4.52. The Morgan fingerprint density at radius 2 is 2.13 bits per heavy atom. The third-order valence-corrected chi connectivity index (χ3v) is 2.04. The van der Waals surface area contributed by atoms with Gasteiger partial charge in [0.2, 0.25) is 0 Å². The van der Waals surface area contributed by atoms with Crippen molar-refractivity contribution in [3.05, 3.63) is 36.5 Å². The quantitative estimate of drug-likeness (QED) is 0.803. The van der Waals surface area contributed by atoms with Crippen LogP contribution in [0.25, 0.3) is 11.3 Å². The second-order valence-electron chi connectivity index (χ2n) is 3.11. The molecule has 0 aliphatic heterocycles. The van der Waals surface area contributed by atoms with E-state index in [0.29, 0.717) is 5.69 Å². The summed E-state index contributed by atoms with van der Waals surface area (Å²) in [5, 5.41) is 7.80. The lowest BCUT2D eigenvalue weighted by atomic mass is 10.1. The van der Waals surface area contributed by atoms with Crippen LogP contribution in [0.5, 0.6) is 5.75 Å². The Balaban J connectivity index is 2.44. The maximum atomic E-state index is 5.63. The predicted molar refractivity (Wildman–Crippen MR) is 58.4 cm³/mol. The molecule has 0 atom stereocenters. The molecule has 0 radical (unpaired) electrons. The molecule has 4 heteroatoms. The molecule has 2 aromatic rings. The van der Waals surface area contributed by atoms with Crippen LogP contribution >= 0.6 is 0 Å². The maximum absolute atomic E-state index is 5.63. The minimum Gasteiger partial charge on any atom is -0.497 e. The van der Waals surface area contributed by atoms with Gasteiger partial charge in [-0.05, 0) is 18.2 Å². The first-order valence-corrected chi connectivity index (χ1v) is 4.52. The molecule has 0 saturated carbocycles. The number of ether oxygens (including phenoxy) is 1. The van der Waals surface area contributed by atoms with E-state index in [9.17, 15) is 0 Å². The lowest BCUT2D eigenvalue weighted by molar-refractivity contribution is 0.415. The van der Waals surface area contributed by atoms with E-state index in [1.54, 1.807) is 13.2 Å². The molecule has 0 fully saturated rings. The number of aromatic nitrogens is 2. The van der Waals surface area contributed by atoms with Gasteiger partial charge in [-0.3, -0.25) is 0 Å². The molecular formula is C11H11N3O. The number of anilines is 1. The Morgan fingerprint density at radius 3 is 2.87 bits per heavy atom. The topological polar surface area (TPSA) is 61.0 Å². The minimum atomic E-state index is 0.600. The van der Waals surface area contributed by atoms with Crippen LogP contribution in [0.1, 0.15) is 0 Å². The Hall–Kier alpha value is -2.10. The van der Waals surface area contributed by atoms with Gasteiger partial charge in [-0.15, -0.1) is 0 Å². The molecule has 2 N–H and O–H groups in total. The van der Waals surface area contributed by atoms with Gasteiger partial charge < -0.3 is 10.5 Å². The molecule has 0 aliphatic rings. The van der Waals surface area contributed by atoms with Crippen LogP contribution in [-0.4, -0.2) is 17.3 Å². The highest BCUT2D eigenvalue weighted by molar-refractivity contribution is 5.63. The van der Waals surface area contributed by atoms with E-state index in [-0.39, 0.29) is 0 Å². The molecule has 0 bridgehead atoms. The number of hydrogen-bond donors (Lipinski definition) is 1. The summed E-state index contributed by atoms with van der Waals surface area (Å²) in [6.45, 7) is 0. The molecule has 0 spiro atoms. The van der Waals surface area contributed by atoms with Crippen LogP contribution in [0, 0.1) is 0 Å². The Bertz CT molecular complexity index is 471. The smallest absolute Gasteiger partial charge is 0.119 e. The third kappa shape index (κ3) is 2.04. The second-order valence-corrected chi connectivity index (χ2v) is 3.11. The Kier molecular flexibility index (Phi) is 2.49. The first kappa shape index (κ1) is 9.45. The van der Waals surface area contributed by atoms with Crippen LogP contribution < -0.4 is 10.5 Å². The SMILES string of the molecule is COc1cccc(-c2cc(N)cnn2)c1. The zero-order valence-corrected chi connectivity index (χ0v) is 8.34. The fourth-order valence-corrected chi connectivity index (χ4v) is 1.31. The van der Waals surface area contributed by atoms with E-state index in [2.05, 4.69) is 10.2 Å². The normalized spacial score (nSPS) is 9.93. The molecular weight excluding hydrogens is 190 g/mol. The summed E-state index contributed by atoms with van der Waals surface area (Å²) < 4.78 is 5.13. The molecule has 15 heavy (non-hydrogen) atoms. The summed E-state index contributed by atoms with van der Waals surface area (Å²) in [7, 11) is 1.63. The predicted octanol–water partition coefficient (Wildman–Crippen LogP) is 1.73. The van der Waals surface area contributed by atoms with Gasteiger partial charge >= 0.3 is 0 Å². The third-order valence-electron chi connectivity index (χ3n) is 2.04. The van der Waals surface area contributed by atoms with Gasteiger partial charge in [-0.1, -0.05) is 12.1 Å². The monoisotopic (exact) mass is 201 g/mol. The zero-order chi connectivity index (χ0) is 10.7. The summed E-state index contributed by atoms with van der Waals surface area (Å²) >= 11 is 0. The van der Waals surface area contributed by atoms with Crippen LogP contribution in [0.4, 0.5) is 5.69 Å². The highest BCUT2D eigenvalue weighted by Gasteiger charge is 2.01. The molecule has 76 valence electrons. The number of nitrogens with two attached hydrogens (primary N) is 1. The first-order chi connectivity index (χ1) is 7.29. The van der Waals surface area contributed by atoms with Crippen molar-refractivity contribution in [2.45, 2.75) is 0 Å². The lowest BCUT2D eigenvalue weighted by Crippen LogP contribution is -1.92. The van der Waals surface area contributed by atoms with Crippen LogP contribution in [0.3, 0.4) is 0 Å². The molecule has 1 aromatic carbocycles. The Labute approximate surface area is 87.7 Å². The van der Waals surface area contributed by atoms with Crippen LogP contribution in [-0.2, 0) is 0 Å². The summed E-state index contributed by atoms with van der Waals surface area (Å²) in [4.78, 5) is 0. The van der Waals surface area contributed by atoms with Crippen molar-refractivity contribution in [1.29, 1.82) is 0 Å². The lowest BCUT2D eigenvalue weighted by Gasteiger charge is -2.03. The fraction of sp³-hybridized carbons (Fsp3) is 0.0909. The fourth-order valence-electron chi connectivity index (χ4n) is 1.31.